The molecule has 0 fully saturated rings. The standard InChI is InChI=1S/C3H7FN/c1-2-3-5-4/h5H,1-3H2. The van der Waals surface area contributed by atoms with E-state index < -0.39 is 0 Å². The first-order valence-corrected chi connectivity index (χ1v) is 1.54. The maximum absolute atomic E-state index is 10.7. The van der Waals surface area contributed by atoms with Gasteiger partial charge in [0.05, 0.1) is 0 Å². The first-order chi connectivity index (χ1) is 2.41. The minimum atomic E-state index is 0.361. The van der Waals surface area contributed by atoms with Crippen LogP contribution in [-0.4, -0.2) is 6.54 Å². The normalized spacial score (nSPS) is 8.40. The Hall–Kier alpha value is -0.110. The van der Waals surface area contributed by atoms with E-state index in [4.69, 9.17) is 0 Å². The Morgan fingerprint density at radius 2 is 2.40 bits per heavy atom. The molecule has 0 aromatic rings. The van der Waals surface area contributed by atoms with E-state index in [9.17, 15) is 4.48 Å². The molecule has 0 aromatic carbocycles. The molecule has 0 saturated carbocycles. The fourth-order valence-electron chi connectivity index (χ4n) is 0.0668. The molecule has 0 rings (SSSR count). The van der Waals surface area contributed by atoms with Crippen LogP contribution < -0.4 is 5.54 Å². The summed E-state index contributed by atoms with van der Waals surface area (Å²) in [6.45, 7) is 3.73. The van der Waals surface area contributed by atoms with E-state index in [2.05, 4.69) is 6.92 Å². The molecule has 0 aliphatic heterocycles. The summed E-state index contributed by atoms with van der Waals surface area (Å²) >= 11 is 0. The third-order valence-electron chi connectivity index (χ3n) is 0.271. The van der Waals surface area contributed by atoms with Crippen molar-refractivity contribution in [2.45, 2.75) is 6.42 Å². The van der Waals surface area contributed by atoms with Gasteiger partial charge >= 0.3 is 0 Å². The van der Waals surface area contributed by atoms with Gasteiger partial charge in [0.1, 0.15) is 0 Å². The zero-order valence-corrected chi connectivity index (χ0v) is 3.00. The highest BCUT2D eigenvalue weighted by atomic mass is 19.2. The van der Waals surface area contributed by atoms with Gasteiger partial charge in [-0.15, -0.1) is 4.48 Å². The molecule has 0 saturated heterocycles. The maximum atomic E-state index is 10.7. The van der Waals surface area contributed by atoms with Crippen molar-refractivity contribution in [3.63, 3.8) is 0 Å². The van der Waals surface area contributed by atoms with Crippen LogP contribution >= 0.6 is 0 Å². The summed E-state index contributed by atoms with van der Waals surface area (Å²) in [7, 11) is 0. The van der Waals surface area contributed by atoms with Crippen LogP contribution in [0.15, 0.2) is 0 Å². The highest BCUT2D eigenvalue weighted by Crippen LogP contribution is 1.64. The number of halogens is 1. The van der Waals surface area contributed by atoms with Crippen LogP contribution in [0.5, 0.6) is 0 Å². The van der Waals surface area contributed by atoms with E-state index in [-0.39, 0.29) is 0 Å². The Balaban J connectivity index is 2.19. The van der Waals surface area contributed by atoms with Crippen molar-refractivity contribution in [1.82, 2.24) is 5.54 Å². The molecule has 0 heterocycles. The van der Waals surface area contributed by atoms with E-state index >= 15 is 0 Å². The SMILES string of the molecule is [CH2]CCNF. The molecule has 31 valence electrons. The average Bonchev–Trinajstić information content (AvgIpc) is 1.41. The molecule has 0 bridgehead atoms. The van der Waals surface area contributed by atoms with Gasteiger partial charge in [-0.25, -0.2) is 0 Å². The summed E-state index contributed by atoms with van der Waals surface area (Å²) in [6.07, 6.45) is 0.608. The van der Waals surface area contributed by atoms with E-state index in [0.29, 0.717) is 13.0 Å². The molecular weight excluding hydrogens is 69.0 g/mol. The van der Waals surface area contributed by atoms with Gasteiger partial charge in [0.2, 0.25) is 0 Å². The Morgan fingerprint density at radius 1 is 1.80 bits per heavy atom. The van der Waals surface area contributed by atoms with Gasteiger partial charge in [0.25, 0.3) is 0 Å². The van der Waals surface area contributed by atoms with Crippen molar-refractivity contribution in [3.8, 4) is 0 Å². The van der Waals surface area contributed by atoms with E-state index in [1.54, 1.807) is 0 Å². The van der Waals surface area contributed by atoms with Crippen molar-refractivity contribution in [2.75, 3.05) is 6.54 Å². The topological polar surface area (TPSA) is 12.0 Å². The Bertz CT molecular complexity index is 14.4. The number of hydrogen-bond donors (Lipinski definition) is 1. The molecular formula is C3H7FN. The smallest absolute Gasteiger partial charge is 0.0259 e. The molecule has 0 aliphatic carbocycles. The second kappa shape index (κ2) is 3.89. The summed E-state index contributed by atoms with van der Waals surface area (Å²) in [5.41, 5.74) is 1.45. The summed E-state index contributed by atoms with van der Waals surface area (Å²) in [4.78, 5) is 0. The molecule has 0 unspecified atom stereocenters. The average molecular weight is 76.1 g/mol. The summed E-state index contributed by atoms with van der Waals surface area (Å²) in [5, 5.41) is 0. The molecule has 0 aromatic heterocycles. The first-order valence-electron chi connectivity index (χ1n) is 1.54. The molecule has 1 radical (unpaired) electrons. The molecule has 0 aliphatic rings. The fraction of sp³-hybridized carbons (Fsp3) is 0.667. The summed E-state index contributed by atoms with van der Waals surface area (Å²) in [5.74, 6) is 0. The first kappa shape index (κ1) is 4.89. The highest BCUT2D eigenvalue weighted by Gasteiger charge is 1.68. The third kappa shape index (κ3) is 3.89. The van der Waals surface area contributed by atoms with Crippen molar-refractivity contribution in [1.29, 1.82) is 0 Å². The van der Waals surface area contributed by atoms with E-state index in [1.807, 2.05) is 0 Å². The van der Waals surface area contributed by atoms with Crippen LogP contribution in [0, 0.1) is 6.92 Å². The monoisotopic (exact) mass is 76.1 g/mol. The van der Waals surface area contributed by atoms with Crippen LogP contribution in [0.1, 0.15) is 6.42 Å². The minimum absolute atomic E-state index is 0.361. The van der Waals surface area contributed by atoms with Crippen LogP contribution in [-0.2, 0) is 0 Å². The van der Waals surface area contributed by atoms with Crippen molar-refractivity contribution in [2.24, 2.45) is 0 Å². The molecule has 0 atom stereocenters. The lowest BCUT2D eigenvalue weighted by molar-refractivity contribution is 0.339. The summed E-state index contributed by atoms with van der Waals surface area (Å²) in [6, 6.07) is 0. The van der Waals surface area contributed by atoms with Gasteiger partial charge in [-0.3, -0.25) is 0 Å². The van der Waals surface area contributed by atoms with Crippen molar-refractivity contribution >= 4 is 0 Å². The van der Waals surface area contributed by atoms with Gasteiger partial charge < -0.3 is 0 Å². The lowest BCUT2D eigenvalue weighted by Gasteiger charge is -1.79. The lowest BCUT2D eigenvalue weighted by Crippen LogP contribution is -1.98. The summed E-state index contributed by atoms with van der Waals surface area (Å²) < 4.78 is 10.7. The second-order valence-corrected chi connectivity index (χ2v) is 0.737. The largest absolute Gasteiger partial charge is 0.159 e. The van der Waals surface area contributed by atoms with Crippen LogP contribution in [0.25, 0.3) is 0 Å². The van der Waals surface area contributed by atoms with Crippen LogP contribution in [0.2, 0.25) is 0 Å². The quantitative estimate of drug-likeness (QED) is 0.477. The fourth-order valence-corrected chi connectivity index (χ4v) is 0.0668. The molecule has 5 heavy (non-hydrogen) atoms. The predicted molar refractivity (Wildman–Crippen MR) is 19.1 cm³/mol. The second-order valence-electron chi connectivity index (χ2n) is 0.737. The van der Waals surface area contributed by atoms with Gasteiger partial charge in [0, 0.05) is 6.54 Å². The van der Waals surface area contributed by atoms with E-state index in [0.717, 1.165) is 0 Å². The van der Waals surface area contributed by atoms with Crippen LogP contribution in [0.4, 0.5) is 4.48 Å². The van der Waals surface area contributed by atoms with Crippen molar-refractivity contribution in [3.05, 3.63) is 6.92 Å². The molecule has 1 N–H and O–H groups in total. The lowest BCUT2D eigenvalue weighted by atomic mass is 10.5. The van der Waals surface area contributed by atoms with E-state index in [1.165, 1.54) is 5.54 Å². The highest BCUT2D eigenvalue weighted by molar-refractivity contribution is 4.35. The zero-order valence-electron chi connectivity index (χ0n) is 3.00. The number of nitrogens with one attached hydrogen (secondary N) is 1. The molecule has 0 spiro atoms. The number of hydrogen-bond acceptors (Lipinski definition) is 1. The number of rotatable bonds is 2. The molecule has 1 nitrogen and oxygen atoms in total. The van der Waals surface area contributed by atoms with Gasteiger partial charge in [-0.05, 0) is 6.42 Å². The van der Waals surface area contributed by atoms with Gasteiger partial charge in [-0.1, -0.05) is 6.92 Å². The third-order valence-corrected chi connectivity index (χ3v) is 0.271. The van der Waals surface area contributed by atoms with Crippen molar-refractivity contribution < 1.29 is 4.48 Å². The van der Waals surface area contributed by atoms with Gasteiger partial charge in [-0.2, -0.15) is 5.54 Å². The van der Waals surface area contributed by atoms with Crippen LogP contribution in [0.3, 0.4) is 0 Å². The minimum Gasteiger partial charge on any atom is -0.159 e. The molecule has 2 heteroatoms. The Labute approximate surface area is 31.1 Å². The Morgan fingerprint density at radius 3 is 2.40 bits per heavy atom. The van der Waals surface area contributed by atoms with Gasteiger partial charge in [0.15, 0.2) is 0 Å². The Kier molecular flexibility index (Phi) is 3.80. The maximum Gasteiger partial charge on any atom is 0.0259 e. The molecule has 0 amide bonds. The zero-order chi connectivity index (χ0) is 4.12. The predicted octanol–water partition coefficient (Wildman–Crippen LogP) is 0.685.